The lowest BCUT2D eigenvalue weighted by atomic mass is 9.89. The standard InChI is InChI=1S/C21H20O5/c1-24-14-7-9-16-17-10-8-15(12-19(17)26-21(23)18(16)11-14)25-20(22)13-5-3-2-4-6-13/h7-13H,2-6H2,1H3. The minimum atomic E-state index is -0.442. The van der Waals surface area contributed by atoms with E-state index in [0.717, 1.165) is 36.5 Å². The molecule has 26 heavy (non-hydrogen) atoms. The van der Waals surface area contributed by atoms with E-state index in [1.54, 1.807) is 31.4 Å². The van der Waals surface area contributed by atoms with Crippen molar-refractivity contribution in [3.63, 3.8) is 0 Å². The molecule has 0 atom stereocenters. The van der Waals surface area contributed by atoms with Gasteiger partial charge >= 0.3 is 11.6 Å². The summed E-state index contributed by atoms with van der Waals surface area (Å²) < 4.78 is 16.1. The Balaban J connectivity index is 1.70. The molecule has 0 amide bonds. The number of methoxy groups -OCH3 is 1. The van der Waals surface area contributed by atoms with E-state index in [9.17, 15) is 9.59 Å². The summed E-state index contributed by atoms with van der Waals surface area (Å²) in [4.78, 5) is 24.6. The van der Waals surface area contributed by atoms with Crippen molar-refractivity contribution >= 4 is 27.7 Å². The van der Waals surface area contributed by atoms with Gasteiger partial charge in [-0.05, 0) is 43.2 Å². The Morgan fingerprint density at radius 3 is 2.46 bits per heavy atom. The normalized spacial score (nSPS) is 15.3. The van der Waals surface area contributed by atoms with E-state index in [0.29, 0.717) is 22.5 Å². The number of esters is 1. The number of carbonyl (C=O) groups is 1. The third kappa shape index (κ3) is 3.05. The lowest BCUT2D eigenvalue weighted by Crippen LogP contribution is -2.22. The van der Waals surface area contributed by atoms with Crippen molar-refractivity contribution in [1.29, 1.82) is 0 Å². The number of rotatable bonds is 3. The molecule has 0 saturated heterocycles. The molecule has 5 nitrogen and oxygen atoms in total. The zero-order chi connectivity index (χ0) is 18.1. The zero-order valence-electron chi connectivity index (χ0n) is 14.6. The van der Waals surface area contributed by atoms with Crippen LogP contribution in [0.2, 0.25) is 0 Å². The van der Waals surface area contributed by atoms with Crippen molar-refractivity contribution in [1.82, 2.24) is 0 Å². The van der Waals surface area contributed by atoms with E-state index >= 15 is 0 Å². The van der Waals surface area contributed by atoms with Crippen molar-refractivity contribution in [3.05, 3.63) is 46.8 Å². The average Bonchev–Trinajstić information content (AvgIpc) is 2.68. The lowest BCUT2D eigenvalue weighted by Gasteiger charge is -2.19. The number of ether oxygens (including phenoxy) is 2. The summed E-state index contributed by atoms with van der Waals surface area (Å²) in [5, 5.41) is 2.03. The van der Waals surface area contributed by atoms with Crippen LogP contribution in [0.5, 0.6) is 11.5 Å². The minimum Gasteiger partial charge on any atom is -0.497 e. The summed E-state index contributed by atoms with van der Waals surface area (Å²) in [6.07, 6.45) is 5.09. The first kappa shape index (κ1) is 16.6. The first-order chi connectivity index (χ1) is 12.7. The fourth-order valence-electron chi connectivity index (χ4n) is 3.62. The van der Waals surface area contributed by atoms with Crippen molar-refractivity contribution in [2.24, 2.45) is 5.92 Å². The zero-order valence-corrected chi connectivity index (χ0v) is 14.6. The quantitative estimate of drug-likeness (QED) is 0.302. The maximum absolute atomic E-state index is 12.3. The Bertz CT molecular complexity index is 1030. The number of benzene rings is 2. The van der Waals surface area contributed by atoms with Gasteiger partial charge in [0.05, 0.1) is 18.4 Å². The van der Waals surface area contributed by atoms with Crippen molar-refractivity contribution in [2.45, 2.75) is 32.1 Å². The van der Waals surface area contributed by atoms with E-state index in [1.165, 1.54) is 6.42 Å². The SMILES string of the molecule is COc1ccc2c(c1)c(=O)oc1cc(OC(=O)C3CCCCC3)ccc12. The van der Waals surface area contributed by atoms with Gasteiger partial charge in [0, 0.05) is 16.8 Å². The van der Waals surface area contributed by atoms with E-state index in [2.05, 4.69) is 0 Å². The monoisotopic (exact) mass is 352 g/mol. The molecule has 0 radical (unpaired) electrons. The van der Waals surface area contributed by atoms with Gasteiger partial charge in [-0.25, -0.2) is 4.79 Å². The summed E-state index contributed by atoms with van der Waals surface area (Å²) in [6, 6.07) is 10.5. The summed E-state index contributed by atoms with van der Waals surface area (Å²) in [5.74, 6) is 0.777. The molecule has 5 heteroatoms. The van der Waals surface area contributed by atoms with Crippen LogP contribution in [0.15, 0.2) is 45.6 Å². The molecule has 1 aliphatic carbocycles. The first-order valence-electron chi connectivity index (χ1n) is 8.92. The number of hydrogen-bond donors (Lipinski definition) is 0. The second kappa shape index (κ2) is 6.83. The molecule has 0 bridgehead atoms. The van der Waals surface area contributed by atoms with E-state index < -0.39 is 5.63 Å². The Hall–Kier alpha value is -2.82. The van der Waals surface area contributed by atoms with Gasteiger partial charge in [0.2, 0.25) is 0 Å². The lowest BCUT2D eigenvalue weighted by molar-refractivity contribution is -0.139. The third-order valence-corrected chi connectivity index (χ3v) is 5.05. The van der Waals surface area contributed by atoms with Crippen molar-refractivity contribution in [3.8, 4) is 11.5 Å². The molecule has 0 aliphatic heterocycles. The smallest absolute Gasteiger partial charge is 0.344 e. The molecule has 0 spiro atoms. The number of carbonyl (C=O) groups excluding carboxylic acids is 1. The van der Waals surface area contributed by atoms with Gasteiger partial charge in [0.15, 0.2) is 0 Å². The minimum absolute atomic E-state index is 0.0319. The van der Waals surface area contributed by atoms with Crippen LogP contribution in [0, 0.1) is 5.92 Å². The van der Waals surface area contributed by atoms with Crippen LogP contribution in [0.25, 0.3) is 21.7 Å². The first-order valence-corrected chi connectivity index (χ1v) is 8.92. The largest absolute Gasteiger partial charge is 0.497 e. The molecule has 1 fully saturated rings. The Kier molecular flexibility index (Phi) is 4.37. The predicted molar refractivity (Wildman–Crippen MR) is 98.8 cm³/mol. The highest BCUT2D eigenvalue weighted by Crippen LogP contribution is 2.30. The third-order valence-electron chi connectivity index (χ3n) is 5.05. The molecule has 1 saturated carbocycles. The van der Waals surface area contributed by atoms with Gasteiger partial charge in [-0.2, -0.15) is 0 Å². The maximum Gasteiger partial charge on any atom is 0.344 e. The highest BCUT2D eigenvalue weighted by molar-refractivity contribution is 6.05. The van der Waals surface area contributed by atoms with Crippen LogP contribution in [0.1, 0.15) is 32.1 Å². The molecular weight excluding hydrogens is 332 g/mol. The number of hydrogen-bond acceptors (Lipinski definition) is 5. The summed E-state index contributed by atoms with van der Waals surface area (Å²) in [7, 11) is 1.55. The Morgan fingerprint density at radius 2 is 1.69 bits per heavy atom. The fourth-order valence-corrected chi connectivity index (χ4v) is 3.62. The van der Waals surface area contributed by atoms with Crippen LogP contribution in [-0.2, 0) is 4.79 Å². The summed E-state index contributed by atoms with van der Waals surface area (Å²) in [6.45, 7) is 0. The van der Waals surface area contributed by atoms with Gasteiger partial charge in [0.25, 0.3) is 0 Å². The van der Waals surface area contributed by atoms with Crippen molar-refractivity contribution in [2.75, 3.05) is 7.11 Å². The maximum atomic E-state index is 12.3. The fraction of sp³-hybridized carbons (Fsp3) is 0.333. The van der Waals surface area contributed by atoms with E-state index in [1.807, 2.05) is 12.1 Å². The van der Waals surface area contributed by atoms with Gasteiger partial charge in [0.1, 0.15) is 17.1 Å². The molecule has 1 aliphatic rings. The van der Waals surface area contributed by atoms with Gasteiger partial charge in [-0.3, -0.25) is 4.79 Å². The highest BCUT2D eigenvalue weighted by Gasteiger charge is 2.23. The summed E-state index contributed by atoms with van der Waals surface area (Å²) in [5.41, 5.74) is -0.0382. The van der Waals surface area contributed by atoms with Crippen LogP contribution in [0.3, 0.4) is 0 Å². The second-order valence-electron chi connectivity index (χ2n) is 6.72. The summed E-state index contributed by atoms with van der Waals surface area (Å²) >= 11 is 0. The molecule has 2 aromatic carbocycles. The molecule has 4 rings (SSSR count). The molecule has 134 valence electrons. The molecule has 0 N–H and O–H groups in total. The van der Waals surface area contributed by atoms with E-state index in [-0.39, 0.29) is 11.9 Å². The van der Waals surface area contributed by atoms with Gasteiger partial charge < -0.3 is 13.9 Å². The van der Waals surface area contributed by atoms with E-state index in [4.69, 9.17) is 13.9 Å². The van der Waals surface area contributed by atoms with Gasteiger partial charge in [-0.15, -0.1) is 0 Å². The van der Waals surface area contributed by atoms with Crippen LogP contribution in [0.4, 0.5) is 0 Å². The Labute approximate surface area is 150 Å². The van der Waals surface area contributed by atoms with Crippen molar-refractivity contribution < 1.29 is 18.7 Å². The number of fused-ring (bicyclic) bond motifs is 3. The molecule has 1 heterocycles. The van der Waals surface area contributed by atoms with Crippen LogP contribution < -0.4 is 15.1 Å². The average molecular weight is 352 g/mol. The topological polar surface area (TPSA) is 65.7 Å². The van der Waals surface area contributed by atoms with Crippen LogP contribution >= 0.6 is 0 Å². The predicted octanol–water partition coefficient (Wildman–Crippen LogP) is 4.44. The highest BCUT2D eigenvalue weighted by atomic mass is 16.5. The Morgan fingerprint density at radius 1 is 0.962 bits per heavy atom. The molecule has 3 aromatic rings. The molecule has 1 aromatic heterocycles. The molecular formula is C21H20O5. The molecule has 0 unspecified atom stereocenters. The van der Waals surface area contributed by atoms with Crippen LogP contribution in [-0.4, -0.2) is 13.1 Å². The van der Waals surface area contributed by atoms with Gasteiger partial charge in [-0.1, -0.05) is 19.3 Å². The second-order valence-corrected chi connectivity index (χ2v) is 6.72.